The second-order valence-corrected chi connectivity index (χ2v) is 22.2. The van der Waals surface area contributed by atoms with Crippen LogP contribution >= 0.6 is 0 Å². The number of rotatable bonds is 51. The summed E-state index contributed by atoms with van der Waals surface area (Å²) < 4.78 is 54.4. The first-order valence-electron chi connectivity index (χ1n) is 29.2. The van der Waals surface area contributed by atoms with Crippen molar-refractivity contribution in [1.82, 2.24) is 0 Å². The average Bonchev–Trinajstić information content (AvgIpc) is 3.33. The van der Waals surface area contributed by atoms with Crippen LogP contribution in [0.2, 0.25) is 0 Å². The van der Waals surface area contributed by atoms with Crippen molar-refractivity contribution in [2.45, 2.75) is 320 Å². The van der Waals surface area contributed by atoms with Crippen molar-refractivity contribution in [1.29, 1.82) is 0 Å². The summed E-state index contributed by atoms with van der Waals surface area (Å²) in [5.41, 5.74) is 0. The van der Waals surface area contributed by atoms with E-state index in [2.05, 4.69) is 26.0 Å². The van der Waals surface area contributed by atoms with E-state index in [1.165, 1.54) is 212 Å². The normalized spacial score (nSPS) is 19.0. The standard InChI is InChI=1S/C57H108O12S/c1-3-5-7-9-11-13-15-17-19-21-23-24-25-26-28-29-31-33-35-37-39-41-43-45-52(58)66-47-50(48-67-57-56(62)55(61)54(60)51(69-57)49-70(63,64)65)68-53(59)46-44-42-40-38-36-34-32-30-27-22-20-18-16-14-12-10-8-6-4-2/h37,39,50-51,54-57,60-62H,3-36,38,40-49H2,1-2H3,(H,63,64,65)/b39-37+/t50-,51-,54-,55?,56?,57+/m1/s1. The van der Waals surface area contributed by atoms with Gasteiger partial charge in [-0.1, -0.05) is 251 Å². The highest BCUT2D eigenvalue weighted by Crippen LogP contribution is 2.24. The monoisotopic (exact) mass is 1020 g/mol. The van der Waals surface area contributed by atoms with Crippen LogP contribution in [0.15, 0.2) is 12.2 Å². The smallest absolute Gasteiger partial charge is 0.306 e. The fourth-order valence-corrected chi connectivity index (χ4v) is 10.0. The van der Waals surface area contributed by atoms with Crippen molar-refractivity contribution in [3.05, 3.63) is 12.2 Å². The second-order valence-electron chi connectivity index (χ2n) is 20.7. The molecule has 4 N–H and O–H groups in total. The zero-order valence-corrected chi connectivity index (χ0v) is 45.7. The first kappa shape index (κ1) is 66.4. The van der Waals surface area contributed by atoms with E-state index in [-0.39, 0.29) is 19.4 Å². The summed E-state index contributed by atoms with van der Waals surface area (Å²) >= 11 is 0. The summed E-state index contributed by atoms with van der Waals surface area (Å²) in [6, 6.07) is 0. The Morgan fingerprint density at radius 1 is 0.471 bits per heavy atom. The first-order chi connectivity index (χ1) is 34.0. The summed E-state index contributed by atoms with van der Waals surface area (Å²) in [5.74, 6) is -2.00. The van der Waals surface area contributed by atoms with Crippen LogP contribution in [0.1, 0.15) is 284 Å². The molecule has 0 spiro atoms. The van der Waals surface area contributed by atoms with Crippen LogP contribution < -0.4 is 0 Å². The van der Waals surface area contributed by atoms with E-state index in [0.29, 0.717) is 12.8 Å². The summed E-state index contributed by atoms with van der Waals surface area (Å²) in [4.78, 5) is 25.6. The van der Waals surface area contributed by atoms with Crippen molar-refractivity contribution in [2.24, 2.45) is 0 Å². The predicted octanol–water partition coefficient (Wildman–Crippen LogP) is 14.1. The van der Waals surface area contributed by atoms with Crippen molar-refractivity contribution >= 4 is 22.1 Å². The molecular weight excluding hydrogens is 909 g/mol. The number of hydrogen-bond acceptors (Lipinski definition) is 11. The molecule has 1 fully saturated rings. The van der Waals surface area contributed by atoms with Gasteiger partial charge in [-0.2, -0.15) is 8.42 Å². The van der Waals surface area contributed by atoms with E-state index >= 15 is 0 Å². The summed E-state index contributed by atoms with van der Waals surface area (Å²) in [6.07, 6.45) is 45.5. The molecule has 414 valence electrons. The fourth-order valence-electron chi connectivity index (χ4n) is 9.33. The third-order valence-corrected chi connectivity index (χ3v) is 14.6. The second kappa shape index (κ2) is 47.1. The lowest BCUT2D eigenvalue weighted by molar-refractivity contribution is -0.297. The molecule has 6 atom stereocenters. The first-order valence-corrected chi connectivity index (χ1v) is 30.9. The van der Waals surface area contributed by atoms with Gasteiger partial charge in [-0.15, -0.1) is 0 Å². The fraction of sp³-hybridized carbons (Fsp3) is 0.930. The third-order valence-electron chi connectivity index (χ3n) is 13.8. The van der Waals surface area contributed by atoms with Gasteiger partial charge >= 0.3 is 11.9 Å². The van der Waals surface area contributed by atoms with E-state index < -0.39 is 71.2 Å². The molecule has 12 nitrogen and oxygen atoms in total. The van der Waals surface area contributed by atoms with E-state index in [9.17, 15) is 37.9 Å². The van der Waals surface area contributed by atoms with Gasteiger partial charge in [-0.25, -0.2) is 0 Å². The number of ether oxygens (including phenoxy) is 4. The molecule has 13 heteroatoms. The molecule has 0 saturated carbocycles. The number of carbonyl (C=O) groups is 2. The van der Waals surface area contributed by atoms with Crippen molar-refractivity contribution in [3.8, 4) is 0 Å². The number of unbranched alkanes of at least 4 members (excludes halogenated alkanes) is 37. The Bertz CT molecular complexity index is 1330. The predicted molar refractivity (Wildman–Crippen MR) is 284 cm³/mol. The number of aliphatic hydroxyl groups excluding tert-OH is 3. The highest BCUT2D eigenvalue weighted by molar-refractivity contribution is 7.85. The van der Waals surface area contributed by atoms with Gasteiger partial charge in [0.25, 0.3) is 10.1 Å². The molecule has 2 unspecified atom stereocenters. The van der Waals surface area contributed by atoms with Gasteiger partial charge in [-0.05, 0) is 32.1 Å². The number of allylic oxidation sites excluding steroid dienone is 2. The summed E-state index contributed by atoms with van der Waals surface area (Å²) in [6.45, 7) is 3.81. The molecule has 0 amide bonds. The van der Waals surface area contributed by atoms with Gasteiger partial charge < -0.3 is 34.3 Å². The maximum Gasteiger partial charge on any atom is 0.306 e. The van der Waals surface area contributed by atoms with Crippen LogP contribution in [0.5, 0.6) is 0 Å². The molecule has 0 bridgehead atoms. The molecule has 1 heterocycles. The molecule has 1 aliphatic rings. The number of carbonyl (C=O) groups excluding carboxylic acids is 2. The highest BCUT2D eigenvalue weighted by Gasteiger charge is 2.46. The molecule has 0 radical (unpaired) electrons. The van der Waals surface area contributed by atoms with E-state index in [1.807, 2.05) is 0 Å². The van der Waals surface area contributed by atoms with Gasteiger partial charge in [0.2, 0.25) is 0 Å². The lowest BCUT2D eigenvalue weighted by Gasteiger charge is -2.40. The average molecular weight is 1020 g/mol. The Morgan fingerprint density at radius 3 is 1.23 bits per heavy atom. The number of aliphatic hydroxyl groups is 3. The quantitative estimate of drug-likeness (QED) is 0.0196. The topological polar surface area (TPSA) is 186 Å². The minimum absolute atomic E-state index is 0.166. The lowest BCUT2D eigenvalue weighted by atomic mass is 10.00. The minimum Gasteiger partial charge on any atom is -0.462 e. The molecule has 0 aromatic heterocycles. The molecule has 1 rings (SSSR count). The summed E-state index contributed by atoms with van der Waals surface area (Å²) in [7, 11) is -4.61. The van der Waals surface area contributed by atoms with Crippen LogP contribution in [0, 0.1) is 0 Å². The lowest BCUT2D eigenvalue weighted by Crippen LogP contribution is -2.60. The Balaban J connectivity index is 2.30. The molecule has 0 aromatic carbocycles. The third kappa shape index (κ3) is 40.8. The molecule has 0 aromatic rings. The molecule has 1 saturated heterocycles. The van der Waals surface area contributed by atoms with Crippen LogP contribution in [0.3, 0.4) is 0 Å². The van der Waals surface area contributed by atoms with E-state index in [0.717, 1.165) is 32.1 Å². The number of esters is 2. The molecule has 70 heavy (non-hydrogen) atoms. The Kier molecular flexibility index (Phi) is 44.7. The maximum absolute atomic E-state index is 12.9. The Morgan fingerprint density at radius 2 is 0.829 bits per heavy atom. The maximum atomic E-state index is 12.9. The Labute approximate surface area is 428 Å². The van der Waals surface area contributed by atoms with Crippen molar-refractivity contribution in [2.75, 3.05) is 19.0 Å². The van der Waals surface area contributed by atoms with E-state index in [4.69, 9.17) is 18.9 Å². The van der Waals surface area contributed by atoms with Gasteiger partial charge in [0.05, 0.1) is 6.61 Å². The minimum atomic E-state index is -4.61. The number of hydrogen-bond donors (Lipinski definition) is 4. The Hall–Kier alpha value is -1.61. The van der Waals surface area contributed by atoms with Crippen molar-refractivity contribution < 1.29 is 56.8 Å². The zero-order valence-electron chi connectivity index (χ0n) is 44.9. The van der Waals surface area contributed by atoms with Crippen LogP contribution in [-0.4, -0.2) is 96.0 Å². The van der Waals surface area contributed by atoms with E-state index in [1.54, 1.807) is 0 Å². The van der Waals surface area contributed by atoms with Gasteiger partial charge in [-0.3, -0.25) is 14.1 Å². The molecular formula is C57H108O12S. The van der Waals surface area contributed by atoms with Crippen molar-refractivity contribution in [3.63, 3.8) is 0 Å². The zero-order chi connectivity index (χ0) is 51.2. The van der Waals surface area contributed by atoms with Gasteiger partial charge in [0, 0.05) is 12.8 Å². The SMILES string of the molecule is CCCCCCCCCCCCCCCCCCCC/C=C/CCCC(=O)OC[C@H](CO[C@H]1O[C@H](CS(=O)(=O)O)[C@@H](O)C(O)C1O)OC(=O)CCCCCCCCCCCCCCCCCCCCC. The van der Waals surface area contributed by atoms with Gasteiger partial charge in [0.15, 0.2) is 12.4 Å². The molecule has 0 aliphatic carbocycles. The van der Waals surface area contributed by atoms with Gasteiger partial charge in [0.1, 0.15) is 36.8 Å². The van der Waals surface area contributed by atoms with Crippen LogP contribution in [-0.2, 0) is 38.7 Å². The summed E-state index contributed by atoms with van der Waals surface area (Å²) in [5, 5.41) is 31.0. The largest absolute Gasteiger partial charge is 0.462 e. The van der Waals surface area contributed by atoms with Crippen LogP contribution in [0.4, 0.5) is 0 Å². The van der Waals surface area contributed by atoms with Crippen LogP contribution in [0.25, 0.3) is 0 Å². The highest BCUT2D eigenvalue weighted by atomic mass is 32.2. The molecule has 1 aliphatic heterocycles.